The van der Waals surface area contributed by atoms with E-state index in [9.17, 15) is 9.18 Å². The summed E-state index contributed by atoms with van der Waals surface area (Å²) < 4.78 is 18.6. The van der Waals surface area contributed by atoms with Crippen LogP contribution in [0.4, 0.5) is 10.1 Å². The minimum Gasteiger partial charge on any atom is -0.465 e. The lowest BCUT2D eigenvalue weighted by Gasteiger charge is -2.25. The molecule has 0 bridgehead atoms. The second-order valence-corrected chi connectivity index (χ2v) is 4.19. The molecule has 0 amide bonds. The van der Waals surface area contributed by atoms with Crippen LogP contribution < -0.4 is 10.2 Å². The number of nitrogens with one attached hydrogen (secondary N) is 1. The number of nitrogens with zero attached hydrogens (tertiary/aromatic N) is 1. The highest BCUT2D eigenvalue weighted by molar-refractivity contribution is 5.76. The number of carbonyl (C=O) groups is 1. The number of esters is 1. The number of likely N-dealkylation sites (N-methyl/N-ethyl adjacent to an activating group) is 2. The predicted octanol–water partition coefficient (Wildman–Crippen LogP) is 1.80. The number of carbonyl (C=O) groups excluding carboxylic acids is 1. The van der Waals surface area contributed by atoms with E-state index >= 15 is 0 Å². The minimum atomic E-state index is -0.463. The number of hydrogen-bond acceptors (Lipinski definition) is 4. The summed E-state index contributed by atoms with van der Waals surface area (Å²) in [5.41, 5.74) is 0.467. The first kappa shape index (κ1) is 15.4. The summed E-state index contributed by atoms with van der Waals surface area (Å²) in [7, 11) is 1.75. The maximum absolute atomic E-state index is 13.6. The van der Waals surface area contributed by atoms with Crippen molar-refractivity contribution in [3.63, 3.8) is 0 Å². The molecule has 0 aromatic heterocycles. The van der Waals surface area contributed by atoms with Crippen molar-refractivity contribution in [2.24, 2.45) is 0 Å². The van der Waals surface area contributed by atoms with Crippen molar-refractivity contribution in [3.05, 3.63) is 30.1 Å². The van der Waals surface area contributed by atoms with E-state index in [1.165, 1.54) is 6.07 Å². The standard InChI is InChI=1S/C14H21FN2O2/c1-4-16-12(14(18)19-5-2)10-17(3)13-9-7-6-8-11(13)15/h6-9,12,16H,4-5,10H2,1-3H3. The molecule has 1 aromatic rings. The fraction of sp³-hybridized carbons (Fsp3) is 0.500. The second kappa shape index (κ2) is 7.74. The molecular formula is C14H21FN2O2. The summed E-state index contributed by atoms with van der Waals surface area (Å²) in [6.07, 6.45) is 0. The Labute approximate surface area is 113 Å². The monoisotopic (exact) mass is 268 g/mol. The van der Waals surface area contributed by atoms with Crippen molar-refractivity contribution in [2.45, 2.75) is 19.9 Å². The molecule has 0 radical (unpaired) electrons. The SMILES string of the molecule is CCNC(CN(C)c1ccccc1F)C(=O)OCC. The van der Waals surface area contributed by atoms with Crippen LogP contribution in [-0.2, 0) is 9.53 Å². The highest BCUT2D eigenvalue weighted by Gasteiger charge is 2.21. The van der Waals surface area contributed by atoms with Crippen LogP contribution in [0, 0.1) is 5.82 Å². The molecule has 0 saturated heterocycles. The molecule has 5 heteroatoms. The van der Waals surface area contributed by atoms with Gasteiger partial charge in [0.25, 0.3) is 0 Å². The van der Waals surface area contributed by atoms with E-state index in [-0.39, 0.29) is 11.8 Å². The van der Waals surface area contributed by atoms with Gasteiger partial charge < -0.3 is 15.0 Å². The smallest absolute Gasteiger partial charge is 0.324 e. The van der Waals surface area contributed by atoms with E-state index in [2.05, 4.69) is 5.32 Å². The summed E-state index contributed by atoms with van der Waals surface area (Å²) >= 11 is 0. The molecule has 1 aromatic carbocycles. The Morgan fingerprint density at radius 3 is 2.68 bits per heavy atom. The lowest BCUT2D eigenvalue weighted by Crippen LogP contribution is -2.46. The molecule has 4 nitrogen and oxygen atoms in total. The van der Waals surface area contributed by atoms with E-state index in [1.54, 1.807) is 37.1 Å². The number of hydrogen-bond donors (Lipinski definition) is 1. The molecule has 106 valence electrons. The molecule has 1 rings (SSSR count). The first-order valence-electron chi connectivity index (χ1n) is 6.45. The highest BCUT2D eigenvalue weighted by Crippen LogP contribution is 2.17. The first-order chi connectivity index (χ1) is 9.10. The zero-order chi connectivity index (χ0) is 14.3. The van der Waals surface area contributed by atoms with Gasteiger partial charge in [0.1, 0.15) is 11.9 Å². The van der Waals surface area contributed by atoms with Gasteiger partial charge in [0, 0.05) is 13.6 Å². The Kier molecular flexibility index (Phi) is 6.29. The summed E-state index contributed by atoms with van der Waals surface area (Å²) in [6, 6.07) is 6.03. The summed E-state index contributed by atoms with van der Waals surface area (Å²) in [5.74, 6) is -0.614. The van der Waals surface area contributed by atoms with E-state index in [0.717, 1.165) is 0 Å². The summed E-state index contributed by atoms with van der Waals surface area (Å²) in [4.78, 5) is 13.5. The van der Waals surface area contributed by atoms with Gasteiger partial charge in [-0.05, 0) is 25.6 Å². The third-order valence-electron chi connectivity index (χ3n) is 2.74. The number of rotatable bonds is 7. The predicted molar refractivity (Wildman–Crippen MR) is 73.8 cm³/mol. The zero-order valence-electron chi connectivity index (χ0n) is 11.6. The number of halogens is 1. The first-order valence-corrected chi connectivity index (χ1v) is 6.45. The molecule has 0 aliphatic heterocycles. The van der Waals surface area contributed by atoms with E-state index in [4.69, 9.17) is 4.74 Å². The van der Waals surface area contributed by atoms with Crippen molar-refractivity contribution in [1.82, 2.24) is 5.32 Å². The van der Waals surface area contributed by atoms with Gasteiger partial charge in [0.2, 0.25) is 0 Å². The highest BCUT2D eigenvalue weighted by atomic mass is 19.1. The molecule has 1 N–H and O–H groups in total. The van der Waals surface area contributed by atoms with Crippen LogP contribution in [0.2, 0.25) is 0 Å². The van der Waals surface area contributed by atoms with Crippen LogP contribution in [-0.4, -0.2) is 38.8 Å². The molecule has 19 heavy (non-hydrogen) atoms. The molecule has 1 atom stereocenters. The fourth-order valence-electron chi connectivity index (χ4n) is 1.85. The number of benzene rings is 1. The summed E-state index contributed by atoms with van der Waals surface area (Å²) in [6.45, 7) is 5.02. The van der Waals surface area contributed by atoms with Crippen LogP contribution in [0.5, 0.6) is 0 Å². The van der Waals surface area contributed by atoms with Crippen molar-refractivity contribution < 1.29 is 13.9 Å². The van der Waals surface area contributed by atoms with Gasteiger partial charge in [-0.2, -0.15) is 0 Å². The number of ether oxygens (including phenoxy) is 1. The lowest BCUT2D eigenvalue weighted by atomic mass is 10.2. The van der Waals surface area contributed by atoms with Gasteiger partial charge in [-0.3, -0.25) is 4.79 Å². The Hall–Kier alpha value is -1.62. The van der Waals surface area contributed by atoms with Gasteiger partial charge >= 0.3 is 5.97 Å². The zero-order valence-corrected chi connectivity index (χ0v) is 11.6. The lowest BCUT2D eigenvalue weighted by molar-refractivity contribution is -0.145. The number of para-hydroxylation sites is 1. The van der Waals surface area contributed by atoms with Crippen LogP contribution in [0.25, 0.3) is 0 Å². The third-order valence-corrected chi connectivity index (χ3v) is 2.74. The van der Waals surface area contributed by atoms with E-state index in [1.807, 2.05) is 6.92 Å². The van der Waals surface area contributed by atoms with Crippen LogP contribution >= 0.6 is 0 Å². The Bertz CT molecular complexity index is 412. The topological polar surface area (TPSA) is 41.6 Å². The number of anilines is 1. The van der Waals surface area contributed by atoms with Crippen LogP contribution in [0.1, 0.15) is 13.8 Å². The van der Waals surface area contributed by atoms with Crippen molar-refractivity contribution >= 4 is 11.7 Å². The maximum Gasteiger partial charge on any atom is 0.324 e. The quantitative estimate of drug-likeness (QED) is 0.766. The van der Waals surface area contributed by atoms with Gasteiger partial charge in [0.05, 0.1) is 12.3 Å². The van der Waals surface area contributed by atoms with E-state index in [0.29, 0.717) is 25.4 Å². The molecule has 0 fully saturated rings. The van der Waals surface area contributed by atoms with Crippen LogP contribution in [0.3, 0.4) is 0 Å². The van der Waals surface area contributed by atoms with Gasteiger partial charge in [-0.15, -0.1) is 0 Å². The molecule has 0 spiro atoms. The van der Waals surface area contributed by atoms with Gasteiger partial charge in [0.15, 0.2) is 0 Å². The summed E-state index contributed by atoms with van der Waals surface area (Å²) in [5, 5.41) is 3.05. The Morgan fingerprint density at radius 1 is 1.42 bits per heavy atom. The average Bonchev–Trinajstić information content (AvgIpc) is 2.39. The van der Waals surface area contributed by atoms with Gasteiger partial charge in [-0.1, -0.05) is 19.1 Å². The van der Waals surface area contributed by atoms with Crippen molar-refractivity contribution in [3.8, 4) is 0 Å². The fourth-order valence-corrected chi connectivity index (χ4v) is 1.85. The van der Waals surface area contributed by atoms with Gasteiger partial charge in [-0.25, -0.2) is 4.39 Å². The molecule has 0 aliphatic rings. The largest absolute Gasteiger partial charge is 0.465 e. The normalized spacial score (nSPS) is 12.0. The molecule has 0 saturated carbocycles. The molecule has 0 aliphatic carbocycles. The minimum absolute atomic E-state index is 0.302. The molecule has 1 unspecified atom stereocenters. The van der Waals surface area contributed by atoms with E-state index < -0.39 is 6.04 Å². The molecular weight excluding hydrogens is 247 g/mol. The van der Waals surface area contributed by atoms with Crippen molar-refractivity contribution in [2.75, 3.05) is 31.6 Å². The molecule has 0 heterocycles. The maximum atomic E-state index is 13.6. The Balaban J connectivity index is 2.73. The second-order valence-electron chi connectivity index (χ2n) is 4.19. The van der Waals surface area contributed by atoms with Crippen molar-refractivity contribution in [1.29, 1.82) is 0 Å². The third kappa shape index (κ3) is 4.52. The Morgan fingerprint density at radius 2 is 2.11 bits per heavy atom. The average molecular weight is 268 g/mol. The van der Waals surface area contributed by atoms with Crippen LogP contribution in [0.15, 0.2) is 24.3 Å².